The van der Waals surface area contributed by atoms with Gasteiger partial charge in [0.15, 0.2) is 5.82 Å². The van der Waals surface area contributed by atoms with E-state index in [9.17, 15) is 0 Å². The predicted molar refractivity (Wildman–Crippen MR) is 53.9 cm³/mol. The highest BCUT2D eigenvalue weighted by Crippen LogP contribution is 2.30. The normalized spacial score (nSPS) is 14.5. The molecule has 0 aliphatic carbocycles. The second-order valence-corrected chi connectivity index (χ2v) is 3.68. The van der Waals surface area contributed by atoms with Crippen molar-refractivity contribution in [3.05, 3.63) is 21.8 Å². The van der Waals surface area contributed by atoms with Gasteiger partial charge in [-0.05, 0) is 6.07 Å². The minimum absolute atomic E-state index is 0.380. The average Bonchev–Trinajstić information content (AvgIpc) is 2.06. The van der Waals surface area contributed by atoms with Gasteiger partial charge in [-0.25, -0.2) is 9.98 Å². The third-order valence-corrected chi connectivity index (χ3v) is 2.33. The lowest BCUT2D eigenvalue weighted by atomic mass is 10.2. The molecule has 0 atom stereocenters. The minimum atomic E-state index is 0.380. The number of fused-ring (bicyclic) bond motifs is 1. The number of nitrogens with zero attached hydrogens (tertiary/aromatic N) is 3. The molecule has 1 aliphatic rings. The molecule has 0 bridgehead atoms. The van der Waals surface area contributed by atoms with Crippen LogP contribution in [-0.4, -0.2) is 23.3 Å². The zero-order chi connectivity index (χ0) is 9.42. The molecule has 1 aromatic heterocycles. The van der Waals surface area contributed by atoms with E-state index in [-0.39, 0.29) is 0 Å². The van der Waals surface area contributed by atoms with Crippen LogP contribution in [0, 0.1) is 0 Å². The summed E-state index contributed by atoms with van der Waals surface area (Å²) in [5.41, 5.74) is 0.927. The smallest absolute Gasteiger partial charge is 0.161 e. The van der Waals surface area contributed by atoms with Crippen molar-refractivity contribution in [2.75, 3.05) is 7.05 Å². The SMILES string of the molecule is CN1C=Nc2nc(Cl)cc(Cl)c2C1. The Morgan fingerprint density at radius 1 is 1.46 bits per heavy atom. The Hall–Kier alpha value is -0.800. The molecule has 0 spiro atoms. The minimum Gasteiger partial charge on any atom is -0.361 e. The molecule has 0 N–H and O–H groups in total. The summed E-state index contributed by atoms with van der Waals surface area (Å²) < 4.78 is 0. The number of rotatable bonds is 0. The third kappa shape index (κ3) is 1.62. The molecule has 0 amide bonds. The van der Waals surface area contributed by atoms with Crippen LogP contribution in [-0.2, 0) is 6.54 Å². The molecule has 0 radical (unpaired) electrons. The molecule has 0 saturated heterocycles. The van der Waals surface area contributed by atoms with Crippen LogP contribution in [0.4, 0.5) is 5.82 Å². The van der Waals surface area contributed by atoms with Gasteiger partial charge in [-0.3, -0.25) is 0 Å². The summed E-state index contributed by atoms with van der Waals surface area (Å²) in [6, 6.07) is 1.64. The molecule has 68 valence electrons. The Balaban J connectivity index is 2.56. The fraction of sp³-hybridized carbons (Fsp3) is 0.250. The highest BCUT2D eigenvalue weighted by molar-refractivity contribution is 6.34. The first-order chi connectivity index (χ1) is 6.16. The number of pyridine rings is 1. The van der Waals surface area contributed by atoms with E-state index in [4.69, 9.17) is 23.2 Å². The van der Waals surface area contributed by atoms with Gasteiger partial charge in [-0.1, -0.05) is 23.2 Å². The molecule has 2 heterocycles. The number of aromatic nitrogens is 1. The number of halogens is 2. The zero-order valence-electron chi connectivity index (χ0n) is 6.96. The molecule has 3 nitrogen and oxygen atoms in total. The van der Waals surface area contributed by atoms with Crippen LogP contribution in [0.15, 0.2) is 11.1 Å². The molecule has 13 heavy (non-hydrogen) atoms. The second-order valence-electron chi connectivity index (χ2n) is 2.89. The summed E-state index contributed by atoms with van der Waals surface area (Å²) in [5.74, 6) is 0.621. The quantitative estimate of drug-likeness (QED) is 0.623. The first-order valence-electron chi connectivity index (χ1n) is 3.76. The van der Waals surface area contributed by atoms with Gasteiger partial charge >= 0.3 is 0 Å². The largest absolute Gasteiger partial charge is 0.361 e. The molecule has 0 saturated carbocycles. The Morgan fingerprint density at radius 3 is 3.00 bits per heavy atom. The van der Waals surface area contributed by atoms with E-state index >= 15 is 0 Å². The van der Waals surface area contributed by atoms with Crippen LogP contribution >= 0.6 is 23.2 Å². The first-order valence-corrected chi connectivity index (χ1v) is 4.52. The summed E-state index contributed by atoms with van der Waals surface area (Å²) in [7, 11) is 1.93. The average molecular weight is 216 g/mol. The van der Waals surface area contributed by atoms with Crippen LogP contribution in [0.3, 0.4) is 0 Å². The second kappa shape index (κ2) is 3.16. The van der Waals surface area contributed by atoms with Crippen molar-refractivity contribution >= 4 is 35.4 Å². The van der Waals surface area contributed by atoms with Crippen molar-refractivity contribution in [1.82, 2.24) is 9.88 Å². The van der Waals surface area contributed by atoms with E-state index in [1.54, 1.807) is 12.4 Å². The summed E-state index contributed by atoms with van der Waals surface area (Å²) in [5, 5.41) is 1.00. The molecule has 0 unspecified atom stereocenters. The van der Waals surface area contributed by atoms with Crippen molar-refractivity contribution in [1.29, 1.82) is 0 Å². The molecule has 0 aromatic carbocycles. The summed E-state index contributed by atoms with van der Waals surface area (Å²) in [4.78, 5) is 10.1. The Morgan fingerprint density at radius 2 is 2.23 bits per heavy atom. The van der Waals surface area contributed by atoms with Crippen molar-refractivity contribution in [3.8, 4) is 0 Å². The lowest BCUT2D eigenvalue weighted by Crippen LogP contribution is -2.19. The van der Waals surface area contributed by atoms with Crippen LogP contribution in [0.2, 0.25) is 10.2 Å². The molecular formula is C8H7Cl2N3. The summed E-state index contributed by atoms with van der Waals surface area (Å²) in [6.45, 7) is 0.724. The maximum absolute atomic E-state index is 5.99. The maximum atomic E-state index is 5.99. The van der Waals surface area contributed by atoms with E-state index in [2.05, 4.69) is 9.98 Å². The predicted octanol–water partition coefficient (Wildman–Crippen LogP) is 2.49. The van der Waals surface area contributed by atoms with Gasteiger partial charge < -0.3 is 4.90 Å². The number of aliphatic imine (C=N–C) groups is 1. The van der Waals surface area contributed by atoms with Gasteiger partial charge in [0.1, 0.15) is 5.15 Å². The van der Waals surface area contributed by atoms with E-state index in [0.29, 0.717) is 16.0 Å². The van der Waals surface area contributed by atoms with Crippen molar-refractivity contribution in [2.24, 2.45) is 4.99 Å². The Kier molecular flexibility index (Phi) is 2.14. The zero-order valence-corrected chi connectivity index (χ0v) is 8.47. The van der Waals surface area contributed by atoms with E-state index in [0.717, 1.165) is 12.1 Å². The summed E-state index contributed by atoms with van der Waals surface area (Å²) >= 11 is 11.7. The van der Waals surface area contributed by atoms with Crippen LogP contribution in [0.5, 0.6) is 0 Å². The van der Waals surface area contributed by atoms with Crippen molar-refractivity contribution in [3.63, 3.8) is 0 Å². The monoisotopic (exact) mass is 215 g/mol. The van der Waals surface area contributed by atoms with Crippen molar-refractivity contribution in [2.45, 2.75) is 6.54 Å². The molecule has 1 aromatic rings. The van der Waals surface area contributed by atoms with Crippen molar-refractivity contribution < 1.29 is 0 Å². The maximum Gasteiger partial charge on any atom is 0.161 e. The molecule has 0 fully saturated rings. The van der Waals surface area contributed by atoms with Gasteiger partial charge in [0.05, 0.1) is 11.4 Å². The van der Waals surface area contributed by atoms with Crippen LogP contribution < -0.4 is 0 Å². The molecule has 5 heteroatoms. The van der Waals surface area contributed by atoms with E-state index < -0.39 is 0 Å². The van der Waals surface area contributed by atoms with E-state index in [1.165, 1.54) is 0 Å². The van der Waals surface area contributed by atoms with Gasteiger partial charge in [-0.2, -0.15) is 0 Å². The Bertz CT molecular complexity index is 376. The summed E-state index contributed by atoms with van der Waals surface area (Å²) in [6.07, 6.45) is 1.71. The molecule has 2 rings (SSSR count). The highest BCUT2D eigenvalue weighted by Gasteiger charge is 2.14. The Labute approximate surface area is 86.0 Å². The molecule has 1 aliphatic heterocycles. The van der Waals surface area contributed by atoms with Gasteiger partial charge in [0, 0.05) is 19.2 Å². The van der Waals surface area contributed by atoms with E-state index in [1.807, 2.05) is 11.9 Å². The van der Waals surface area contributed by atoms with Gasteiger partial charge in [0.25, 0.3) is 0 Å². The van der Waals surface area contributed by atoms with Gasteiger partial charge in [-0.15, -0.1) is 0 Å². The number of hydrogen-bond acceptors (Lipinski definition) is 3. The number of hydrogen-bond donors (Lipinski definition) is 0. The first kappa shape index (κ1) is 8.78. The topological polar surface area (TPSA) is 28.5 Å². The fourth-order valence-electron chi connectivity index (χ4n) is 1.20. The van der Waals surface area contributed by atoms with Gasteiger partial charge in [0.2, 0.25) is 0 Å². The fourth-order valence-corrected chi connectivity index (χ4v) is 1.69. The van der Waals surface area contributed by atoms with Crippen LogP contribution in [0.1, 0.15) is 5.56 Å². The highest BCUT2D eigenvalue weighted by atomic mass is 35.5. The van der Waals surface area contributed by atoms with Crippen LogP contribution in [0.25, 0.3) is 0 Å². The lowest BCUT2D eigenvalue weighted by molar-refractivity contribution is 0.507. The molecular weight excluding hydrogens is 209 g/mol. The lowest BCUT2D eigenvalue weighted by Gasteiger charge is -2.19. The third-order valence-electron chi connectivity index (χ3n) is 1.80. The standard InChI is InChI=1S/C8H7Cl2N3/c1-13-3-5-6(9)2-7(10)12-8(5)11-4-13/h2,4H,3H2,1H3.